The minimum Gasteiger partial charge on any atom is -0.378 e. The minimum absolute atomic E-state index is 0.646. The summed E-state index contributed by atoms with van der Waals surface area (Å²) in [7, 11) is 0. The van der Waals surface area contributed by atoms with Gasteiger partial charge in [-0.05, 0) is 32.0 Å². The van der Waals surface area contributed by atoms with Gasteiger partial charge in [0.25, 0.3) is 0 Å². The maximum atomic E-state index is 5.42. The van der Waals surface area contributed by atoms with Gasteiger partial charge in [0.15, 0.2) is 0 Å². The molecule has 1 aliphatic heterocycles. The molecule has 0 radical (unpaired) electrons. The highest BCUT2D eigenvalue weighted by atomic mass is 16.5. The van der Waals surface area contributed by atoms with Gasteiger partial charge in [-0.2, -0.15) is 0 Å². The van der Waals surface area contributed by atoms with E-state index in [2.05, 4.69) is 38.4 Å². The Morgan fingerprint density at radius 3 is 2.43 bits per heavy atom. The van der Waals surface area contributed by atoms with Gasteiger partial charge in [-0.25, -0.2) is 9.97 Å². The van der Waals surface area contributed by atoms with E-state index in [4.69, 9.17) is 4.74 Å². The molecule has 0 spiro atoms. The third-order valence-corrected chi connectivity index (χ3v) is 3.48. The van der Waals surface area contributed by atoms with Crippen molar-refractivity contribution in [1.29, 1.82) is 0 Å². The molecule has 0 unspecified atom stereocenters. The van der Waals surface area contributed by atoms with E-state index in [0.29, 0.717) is 5.95 Å². The highest BCUT2D eigenvalue weighted by Crippen LogP contribution is 2.28. The molecule has 1 aromatic carbocycles. The molecule has 1 saturated heterocycles. The summed E-state index contributed by atoms with van der Waals surface area (Å²) in [5, 5.41) is 3.35. The average Bonchev–Trinajstić information content (AvgIpc) is 2.48. The second kappa shape index (κ2) is 6.10. The molecule has 5 heteroatoms. The first-order valence-electron chi connectivity index (χ1n) is 7.23. The predicted molar refractivity (Wildman–Crippen MR) is 84.3 cm³/mol. The van der Waals surface area contributed by atoms with Crippen LogP contribution in [0.15, 0.2) is 30.3 Å². The topological polar surface area (TPSA) is 50.3 Å². The second-order valence-corrected chi connectivity index (χ2v) is 5.22. The van der Waals surface area contributed by atoms with Gasteiger partial charge >= 0.3 is 0 Å². The van der Waals surface area contributed by atoms with Gasteiger partial charge < -0.3 is 15.0 Å². The smallest absolute Gasteiger partial charge is 0.227 e. The van der Waals surface area contributed by atoms with Gasteiger partial charge in [0.1, 0.15) is 0 Å². The first-order chi connectivity index (χ1) is 10.2. The Hall–Kier alpha value is -2.14. The SMILES string of the molecule is Cc1cc(C)nc(Nc2ccccc2N2CCOCC2)n1. The molecule has 5 nitrogen and oxygen atoms in total. The van der Waals surface area contributed by atoms with Crippen molar-refractivity contribution < 1.29 is 4.74 Å². The molecule has 0 aliphatic carbocycles. The van der Waals surface area contributed by atoms with Gasteiger partial charge in [-0.1, -0.05) is 12.1 Å². The lowest BCUT2D eigenvalue weighted by atomic mass is 10.2. The number of para-hydroxylation sites is 2. The molecule has 1 fully saturated rings. The highest BCUT2D eigenvalue weighted by molar-refractivity contribution is 5.73. The number of aryl methyl sites for hydroxylation is 2. The van der Waals surface area contributed by atoms with Crippen LogP contribution in [0.3, 0.4) is 0 Å². The summed E-state index contributed by atoms with van der Waals surface area (Å²) in [6, 6.07) is 10.2. The fourth-order valence-electron chi connectivity index (χ4n) is 2.56. The van der Waals surface area contributed by atoms with E-state index >= 15 is 0 Å². The third kappa shape index (κ3) is 3.31. The molecular weight excluding hydrogens is 264 g/mol. The number of hydrogen-bond acceptors (Lipinski definition) is 5. The number of anilines is 3. The van der Waals surface area contributed by atoms with E-state index < -0.39 is 0 Å². The van der Waals surface area contributed by atoms with E-state index in [-0.39, 0.29) is 0 Å². The maximum Gasteiger partial charge on any atom is 0.227 e. The first kappa shape index (κ1) is 13.8. The maximum absolute atomic E-state index is 5.42. The van der Waals surface area contributed by atoms with Crippen molar-refractivity contribution in [1.82, 2.24) is 9.97 Å². The zero-order valence-corrected chi connectivity index (χ0v) is 12.5. The summed E-state index contributed by atoms with van der Waals surface area (Å²) in [6.45, 7) is 7.32. The number of ether oxygens (including phenoxy) is 1. The first-order valence-corrected chi connectivity index (χ1v) is 7.23. The zero-order valence-electron chi connectivity index (χ0n) is 12.5. The summed E-state index contributed by atoms with van der Waals surface area (Å²) in [4.78, 5) is 11.2. The van der Waals surface area contributed by atoms with Crippen molar-refractivity contribution in [2.45, 2.75) is 13.8 Å². The predicted octanol–water partition coefficient (Wildman–Crippen LogP) is 2.67. The Morgan fingerprint density at radius 1 is 1.05 bits per heavy atom. The van der Waals surface area contributed by atoms with E-state index in [0.717, 1.165) is 43.4 Å². The van der Waals surface area contributed by atoms with Crippen LogP contribution in [-0.2, 0) is 4.74 Å². The van der Waals surface area contributed by atoms with Crippen LogP contribution in [0.25, 0.3) is 0 Å². The Morgan fingerprint density at radius 2 is 1.71 bits per heavy atom. The molecule has 2 heterocycles. The molecule has 1 N–H and O–H groups in total. The molecule has 0 amide bonds. The average molecular weight is 284 g/mol. The van der Waals surface area contributed by atoms with Crippen LogP contribution in [0, 0.1) is 13.8 Å². The van der Waals surface area contributed by atoms with Crippen LogP contribution in [-0.4, -0.2) is 36.3 Å². The molecular formula is C16H20N4O. The number of hydrogen-bond donors (Lipinski definition) is 1. The Kier molecular flexibility index (Phi) is 4.01. The van der Waals surface area contributed by atoms with Crippen LogP contribution < -0.4 is 10.2 Å². The van der Waals surface area contributed by atoms with Crippen molar-refractivity contribution in [3.63, 3.8) is 0 Å². The van der Waals surface area contributed by atoms with Gasteiger partial charge in [0.05, 0.1) is 24.6 Å². The fraction of sp³-hybridized carbons (Fsp3) is 0.375. The Bertz CT molecular complexity index is 603. The number of aromatic nitrogens is 2. The van der Waals surface area contributed by atoms with E-state index in [1.165, 1.54) is 5.69 Å². The van der Waals surface area contributed by atoms with Crippen LogP contribution in [0.5, 0.6) is 0 Å². The van der Waals surface area contributed by atoms with Gasteiger partial charge in [0.2, 0.25) is 5.95 Å². The molecule has 21 heavy (non-hydrogen) atoms. The normalized spacial score (nSPS) is 15.0. The number of rotatable bonds is 3. The van der Waals surface area contributed by atoms with E-state index in [1.807, 2.05) is 26.0 Å². The number of morpholine rings is 1. The summed E-state index contributed by atoms with van der Waals surface area (Å²) >= 11 is 0. The highest BCUT2D eigenvalue weighted by Gasteiger charge is 2.15. The standard InChI is InChI=1S/C16H20N4O/c1-12-11-13(2)18-16(17-12)19-14-5-3-4-6-15(14)20-7-9-21-10-8-20/h3-6,11H,7-10H2,1-2H3,(H,17,18,19). The molecule has 3 rings (SSSR count). The Labute approximate surface area is 125 Å². The van der Waals surface area contributed by atoms with Crippen LogP contribution in [0.2, 0.25) is 0 Å². The summed E-state index contributed by atoms with van der Waals surface area (Å²) in [5.41, 5.74) is 4.13. The van der Waals surface area contributed by atoms with Crippen molar-refractivity contribution in [3.05, 3.63) is 41.7 Å². The van der Waals surface area contributed by atoms with Crippen LogP contribution in [0.4, 0.5) is 17.3 Å². The molecule has 1 aromatic heterocycles. The van der Waals surface area contributed by atoms with Crippen molar-refractivity contribution in [2.75, 3.05) is 36.5 Å². The summed E-state index contributed by atoms with van der Waals surface area (Å²) in [6.07, 6.45) is 0. The lowest BCUT2D eigenvalue weighted by Gasteiger charge is -2.30. The molecule has 2 aromatic rings. The lowest BCUT2D eigenvalue weighted by molar-refractivity contribution is 0.123. The van der Waals surface area contributed by atoms with E-state index in [1.54, 1.807) is 0 Å². The number of benzene rings is 1. The lowest BCUT2D eigenvalue weighted by Crippen LogP contribution is -2.36. The monoisotopic (exact) mass is 284 g/mol. The molecule has 1 aliphatic rings. The fourth-order valence-corrected chi connectivity index (χ4v) is 2.56. The van der Waals surface area contributed by atoms with Crippen molar-refractivity contribution in [3.8, 4) is 0 Å². The Balaban J connectivity index is 1.87. The van der Waals surface area contributed by atoms with Crippen molar-refractivity contribution >= 4 is 17.3 Å². The summed E-state index contributed by atoms with van der Waals surface area (Å²) in [5.74, 6) is 0.646. The number of nitrogens with zero attached hydrogens (tertiary/aromatic N) is 3. The second-order valence-electron chi connectivity index (χ2n) is 5.22. The van der Waals surface area contributed by atoms with E-state index in [9.17, 15) is 0 Å². The van der Waals surface area contributed by atoms with Crippen LogP contribution in [0.1, 0.15) is 11.4 Å². The van der Waals surface area contributed by atoms with Crippen molar-refractivity contribution in [2.24, 2.45) is 0 Å². The quantitative estimate of drug-likeness (QED) is 0.939. The minimum atomic E-state index is 0.646. The summed E-state index contributed by atoms with van der Waals surface area (Å²) < 4.78 is 5.42. The van der Waals surface area contributed by atoms with Gasteiger partial charge in [-0.15, -0.1) is 0 Å². The molecule has 0 bridgehead atoms. The van der Waals surface area contributed by atoms with Gasteiger partial charge in [0, 0.05) is 24.5 Å². The zero-order chi connectivity index (χ0) is 14.7. The molecule has 0 atom stereocenters. The largest absolute Gasteiger partial charge is 0.378 e. The number of nitrogens with one attached hydrogen (secondary N) is 1. The molecule has 0 saturated carbocycles. The third-order valence-electron chi connectivity index (χ3n) is 3.48. The van der Waals surface area contributed by atoms with Gasteiger partial charge in [-0.3, -0.25) is 0 Å². The molecule has 110 valence electrons. The van der Waals surface area contributed by atoms with Crippen LogP contribution >= 0.6 is 0 Å².